The molecular weight excluding hydrogens is 342 g/mol. The van der Waals surface area contributed by atoms with Gasteiger partial charge < -0.3 is 14.2 Å². The van der Waals surface area contributed by atoms with Gasteiger partial charge >= 0.3 is 0 Å². The molecule has 2 aromatic rings. The number of hydrogen-bond donors (Lipinski definition) is 0. The number of para-hydroxylation sites is 1. The van der Waals surface area contributed by atoms with Gasteiger partial charge in [-0.1, -0.05) is 18.2 Å². The third-order valence-corrected chi connectivity index (χ3v) is 4.81. The Kier molecular flexibility index (Phi) is 4.87. The van der Waals surface area contributed by atoms with Crippen molar-refractivity contribution in [3.63, 3.8) is 0 Å². The highest BCUT2D eigenvalue weighted by Gasteiger charge is 2.38. The van der Waals surface area contributed by atoms with Gasteiger partial charge in [-0.05, 0) is 44.5 Å². The van der Waals surface area contributed by atoms with Crippen molar-refractivity contribution in [3.8, 4) is 17.2 Å². The number of anilines is 1. The lowest BCUT2D eigenvalue weighted by Crippen LogP contribution is -2.49. The molecule has 0 radical (unpaired) electrons. The van der Waals surface area contributed by atoms with Crippen LogP contribution >= 0.6 is 0 Å². The average Bonchev–Trinajstić information content (AvgIpc) is 2.66. The number of carbonyl (C=O) groups excluding carboxylic acids is 1. The SMILES string of the molecule is COc1cc(OC)cc(C(=O)N2c3c(OC)cccc3C(C)=CC2(C)C)c1. The number of fused-ring (bicyclic) bond motifs is 1. The Balaban J connectivity index is 2.20. The zero-order valence-corrected chi connectivity index (χ0v) is 16.6. The third-order valence-electron chi connectivity index (χ3n) is 4.81. The molecule has 1 aliphatic rings. The second-order valence-electron chi connectivity index (χ2n) is 7.08. The lowest BCUT2D eigenvalue weighted by Gasteiger charge is -2.42. The summed E-state index contributed by atoms with van der Waals surface area (Å²) in [5.41, 5.74) is 2.83. The molecule has 1 aliphatic heterocycles. The normalized spacial score (nSPS) is 14.9. The van der Waals surface area contributed by atoms with E-state index in [4.69, 9.17) is 14.2 Å². The smallest absolute Gasteiger partial charge is 0.259 e. The van der Waals surface area contributed by atoms with E-state index in [0.29, 0.717) is 22.8 Å². The molecule has 27 heavy (non-hydrogen) atoms. The Morgan fingerprint density at radius 2 is 1.59 bits per heavy atom. The maximum Gasteiger partial charge on any atom is 0.259 e. The fourth-order valence-electron chi connectivity index (χ4n) is 3.62. The zero-order valence-electron chi connectivity index (χ0n) is 16.6. The maximum atomic E-state index is 13.6. The highest BCUT2D eigenvalue weighted by atomic mass is 16.5. The highest BCUT2D eigenvalue weighted by Crippen LogP contribution is 2.45. The summed E-state index contributed by atoms with van der Waals surface area (Å²) in [4.78, 5) is 15.4. The molecule has 0 spiro atoms. The standard InChI is InChI=1S/C22H25NO4/c1-14-13-22(2,3)23(20-18(14)8-7-9-19(20)27-6)21(24)15-10-16(25-4)12-17(11-15)26-5/h7-13H,1-6H3. The monoisotopic (exact) mass is 367 g/mol. The molecule has 0 saturated carbocycles. The molecule has 0 bridgehead atoms. The Morgan fingerprint density at radius 3 is 2.15 bits per heavy atom. The third kappa shape index (κ3) is 3.25. The van der Waals surface area contributed by atoms with Crippen LogP contribution in [0.5, 0.6) is 17.2 Å². The van der Waals surface area contributed by atoms with Crippen LogP contribution in [-0.4, -0.2) is 32.8 Å². The number of carbonyl (C=O) groups is 1. The molecule has 0 aliphatic carbocycles. The molecule has 5 heteroatoms. The quantitative estimate of drug-likeness (QED) is 0.795. The Bertz CT molecular complexity index is 892. The summed E-state index contributed by atoms with van der Waals surface area (Å²) >= 11 is 0. The van der Waals surface area contributed by atoms with E-state index in [1.807, 2.05) is 32.0 Å². The first-order valence-electron chi connectivity index (χ1n) is 8.77. The van der Waals surface area contributed by atoms with E-state index in [2.05, 4.69) is 13.0 Å². The molecule has 1 amide bonds. The molecule has 2 aromatic carbocycles. The van der Waals surface area contributed by atoms with Crippen molar-refractivity contribution >= 4 is 17.2 Å². The molecule has 1 heterocycles. The van der Waals surface area contributed by atoms with Crippen LogP contribution in [0.3, 0.4) is 0 Å². The van der Waals surface area contributed by atoms with Crippen LogP contribution in [0.2, 0.25) is 0 Å². The van der Waals surface area contributed by atoms with E-state index in [1.165, 1.54) is 0 Å². The summed E-state index contributed by atoms with van der Waals surface area (Å²) in [6.07, 6.45) is 2.10. The van der Waals surface area contributed by atoms with Gasteiger partial charge in [0.2, 0.25) is 0 Å². The van der Waals surface area contributed by atoms with E-state index in [1.54, 1.807) is 44.4 Å². The predicted octanol–water partition coefficient (Wildman–Crippen LogP) is 4.55. The summed E-state index contributed by atoms with van der Waals surface area (Å²) in [7, 11) is 4.75. The summed E-state index contributed by atoms with van der Waals surface area (Å²) in [5, 5.41) is 0. The van der Waals surface area contributed by atoms with E-state index in [-0.39, 0.29) is 5.91 Å². The number of methoxy groups -OCH3 is 3. The molecule has 0 aromatic heterocycles. The first kappa shape index (κ1) is 18.8. The largest absolute Gasteiger partial charge is 0.497 e. The Morgan fingerprint density at radius 1 is 0.963 bits per heavy atom. The average molecular weight is 367 g/mol. The molecule has 0 unspecified atom stereocenters. The molecule has 5 nitrogen and oxygen atoms in total. The van der Waals surface area contributed by atoms with Crippen molar-refractivity contribution in [1.82, 2.24) is 0 Å². The van der Waals surface area contributed by atoms with Crippen LogP contribution in [0.15, 0.2) is 42.5 Å². The number of benzene rings is 2. The van der Waals surface area contributed by atoms with E-state index < -0.39 is 5.54 Å². The van der Waals surface area contributed by atoms with Crippen molar-refractivity contribution in [2.45, 2.75) is 26.3 Å². The van der Waals surface area contributed by atoms with Gasteiger partial charge in [0, 0.05) is 17.2 Å². The number of hydrogen-bond acceptors (Lipinski definition) is 4. The van der Waals surface area contributed by atoms with Gasteiger partial charge in [-0.15, -0.1) is 0 Å². The van der Waals surface area contributed by atoms with Gasteiger partial charge in [0.15, 0.2) is 0 Å². The fraction of sp³-hybridized carbons (Fsp3) is 0.318. The second kappa shape index (κ2) is 6.99. The van der Waals surface area contributed by atoms with Crippen LogP contribution in [0, 0.1) is 0 Å². The van der Waals surface area contributed by atoms with Crippen LogP contribution in [-0.2, 0) is 0 Å². The predicted molar refractivity (Wildman–Crippen MR) is 107 cm³/mol. The summed E-state index contributed by atoms with van der Waals surface area (Å²) in [5.74, 6) is 1.65. The molecule has 0 N–H and O–H groups in total. The van der Waals surface area contributed by atoms with E-state index in [0.717, 1.165) is 16.8 Å². The van der Waals surface area contributed by atoms with Crippen molar-refractivity contribution in [1.29, 1.82) is 0 Å². The minimum absolute atomic E-state index is 0.147. The number of ether oxygens (including phenoxy) is 3. The van der Waals surface area contributed by atoms with Crippen LogP contribution in [0.1, 0.15) is 36.7 Å². The van der Waals surface area contributed by atoms with Crippen LogP contribution in [0.4, 0.5) is 5.69 Å². The number of nitrogens with zero attached hydrogens (tertiary/aromatic N) is 1. The van der Waals surface area contributed by atoms with Gasteiger partial charge in [-0.25, -0.2) is 0 Å². The van der Waals surface area contributed by atoms with Crippen molar-refractivity contribution in [2.24, 2.45) is 0 Å². The Hall–Kier alpha value is -2.95. The minimum atomic E-state index is -0.529. The van der Waals surface area contributed by atoms with Gasteiger partial charge in [-0.2, -0.15) is 0 Å². The van der Waals surface area contributed by atoms with Crippen molar-refractivity contribution in [2.75, 3.05) is 26.2 Å². The van der Waals surface area contributed by atoms with Gasteiger partial charge in [0.25, 0.3) is 5.91 Å². The molecule has 0 saturated heterocycles. The van der Waals surface area contributed by atoms with E-state index in [9.17, 15) is 4.79 Å². The minimum Gasteiger partial charge on any atom is -0.497 e. The first-order chi connectivity index (χ1) is 12.8. The van der Waals surface area contributed by atoms with Crippen LogP contribution < -0.4 is 19.1 Å². The van der Waals surface area contributed by atoms with Gasteiger partial charge in [0.05, 0.1) is 32.6 Å². The molecule has 0 fully saturated rings. The van der Waals surface area contributed by atoms with Gasteiger partial charge in [0.1, 0.15) is 17.2 Å². The van der Waals surface area contributed by atoms with Gasteiger partial charge in [-0.3, -0.25) is 9.69 Å². The number of rotatable bonds is 4. The van der Waals surface area contributed by atoms with E-state index >= 15 is 0 Å². The molecule has 0 atom stereocenters. The first-order valence-corrected chi connectivity index (χ1v) is 8.77. The van der Waals surface area contributed by atoms with Crippen LogP contribution in [0.25, 0.3) is 5.57 Å². The zero-order chi connectivity index (χ0) is 19.8. The number of allylic oxidation sites excluding steroid dienone is 1. The van der Waals surface area contributed by atoms with Crippen molar-refractivity contribution in [3.05, 3.63) is 53.6 Å². The summed E-state index contributed by atoms with van der Waals surface area (Å²) < 4.78 is 16.3. The lowest BCUT2D eigenvalue weighted by atomic mass is 9.87. The molecular formula is C22H25NO4. The second-order valence-corrected chi connectivity index (χ2v) is 7.08. The fourth-order valence-corrected chi connectivity index (χ4v) is 3.62. The number of amides is 1. The lowest BCUT2D eigenvalue weighted by molar-refractivity contribution is 0.0968. The summed E-state index contributed by atoms with van der Waals surface area (Å²) in [6.45, 7) is 6.08. The van der Waals surface area contributed by atoms with Crippen molar-refractivity contribution < 1.29 is 19.0 Å². The summed E-state index contributed by atoms with van der Waals surface area (Å²) in [6, 6.07) is 11.0. The maximum absolute atomic E-state index is 13.6. The highest BCUT2D eigenvalue weighted by molar-refractivity contribution is 6.11. The molecule has 3 rings (SSSR count). The Labute approximate surface area is 160 Å². The molecule has 142 valence electrons. The topological polar surface area (TPSA) is 48.0 Å².